The molecule has 0 aromatic rings. The number of halogens is 2. The van der Waals surface area contributed by atoms with Gasteiger partial charge in [-0.05, 0) is 27.2 Å². The lowest BCUT2D eigenvalue weighted by Gasteiger charge is -2.05. The van der Waals surface area contributed by atoms with Crippen LogP contribution in [0.5, 0.6) is 0 Å². The van der Waals surface area contributed by atoms with Crippen molar-refractivity contribution in [2.75, 3.05) is 5.33 Å². The molecule has 0 saturated heterocycles. The van der Waals surface area contributed by atoms with Gasteiger partial charge >= 0.3 is 0 Å². The largest absolute Gasteiger partial charge is 0.0883 e. The SMILES string of the molecule is CC(C)=CC(Br)CC(C)=CCBr. The van der Waals surface area contributed by atoms with Gasteiger partial charge < -0.3 is 0 Å². The van der Waals surface area contributed by atoms with Crippen LogP contribution in [0.3, 0.4) is 0 Å². The van der Waals surface area contributed by atoms with E-state index in [2.05, 4.69) is 64.8 Å². The van der Waals surface area contributed by atoms with Crippen LogP contribution in [0.25, 0.3) is 0 Å². The van der Waals surface area contributed by atoms with Crippen LogP contribution < -0.4 is 0 Å². The average molecular weight is 296 g/mol. The molecule has 0 spiro atoms. The van der Waals surface area contributed by atoms with Crippen molar-refractivity contribution in [3.8, 4) is 0 Å². The summed E-state index contributed by atoms with van der Waals surface area (Å²) in [4.78, 5) is 0.484. The van der Waals surface area contributed by atoms with Gasteiger partial charge in [-0.2, -0.15) is 0 Å². The van der Waals surface area contributed by atoms with E-state index in [1.807, 2.05) is 0 Å². The summed E-state index contributed by atoms with van der Waals surface area (Å²) in [6.45, 7) is 6.41. The molecule has 0 fully saturated rings. The van der Waals surface area contributed by atoms with Gasteiger partial charge in [-0.1, -0.05) is 55.2 Å². The molecule has 0 aromatic carbocycles. The Kier molecular flexibility index (Phi) is 7.16. The van der Waals surface area contributed by atoms with Gasteiger partial charge in [0, 0.05) is 10.2 Å². The Morgan fingerprint density at radius 2 is 1.92 bits per heavy atom. The lowest BCUT2D eigenvalue weighted by molar-refractivity contribution is 0.995. The second kappa shape index (κ2) is 6.90. The fourth-order valence-electron chi connectivity index (χ4n) is 0.943. The summed E-state index contributed by atoms with van der Waals surface area (Å²) in [6.07, 6.45) is 5.54. The highest BCUT2D eigenvalue weighted by Crippen LogP contribution is 2.15. The van der Waals surface area contributed by atoms with Gasteiger partial charge in [0.15, 0.2) is 0 Å². The Balaban J connectivity index is 3.92. The van der Waals surface area contributed by atoms with Gasteiger partial charge in [-0.25, -0.2) is 0 Å². The topological polar surface area (TPSA) is 0 Å². The highest BCUT2D eigenvalue weighted by Gasteiger charge is 2.00. The zero-order chi connectivity index (χ0) is 9.56. The van der Waals surface area contributed by atoms with Crippen LogP contribution in [-0.2, 0) is 0 Å². The zero-order valence-electron chi connectivity index (χ0n) is 7.90. The van der Waals surface area contributed by atoms with Crippen molar-refractivity contribution in [3.05, 3.63) is 23.3 Å². The van der Waals surface area contributed by atoms with E-state index < -0.39 is 0 Å². The van der Waals surface area contributed by atoms with Crippen LogP contribution in [0.1, 0.15) is 27.2 Å². The van der Waals surface area contributed by atoms with Gasteiger partial charge in [-0.3, -0.25) is 0 Å². The van der Waals surface area contributed by atoms with Crippen LogP contribution in [0.4, 0.5) is 0 Å². The molecule has 0 radical (unpaired) electrons. The van der Waals surface area contributed by atoms with Gasteiger partial charge in [-0.15, -0.1) is 0 Å². The summed E-state index contributed by atoms with van der Waals surface area (Å²) in [6, 6.07) is 0. The smallest absolute Gasteiger partial charge is 0.0364 e. The number of allylic oxidation sites excluding steroid dienone is 4. The molecule has 0 amide bonds. The highest BCUT2D eigenvalue weighted by atomic mass is 79.9. The van der Waals surface area contributed by atoms with Crippen molar-refractivity contribution in [3.63, 3.8) is 0 Å². The summed E-state index contributed by atoms with van der Waals surface area (Å²) in [5.74, 6) is 0. The monoisotopic (exact) mass is 294 g/mol. The molecule has 0 saturated carbocycles. The lowest BCUT2D eigenvalue weighted by Crippen LogP contribution is -1.94. The van der Waals surface area contributed by atoms with Crippen molar-refractivity contribution in [2.45, 2.75) is 32.0 Å². The second-order valence-electron chi connectivity index (χ2n) is 3.17. The van der Waals surface area contributed by atoms with Crippen molar-refractivity contribution < 1.29 is 0 Å². The first-order valence-corrected chi connectivity index (χ1v) is 6.10. The Hall–Kier alpha value is 0.440. The maximum absolute atomic E-state index is 3.62. The number of hydrogen-bond acceptors (Lipinski definition) is 0. The average Bonchev–Trinajstić information content (AvgIpc) is 1.84. The summed E-state index contributed by atoms with van der Waals surface area (Å²) in [7, 11) is 0. The summed E-state index contributed by atoms with van der Waals surface area (Å²) in [5.41, 5.74) is 2.79. The quantitative estimate of drug-likeness (QED) is 0.531. The molecular formula is C10H16Br2. The molecule has 0 N–H and O–H groups in total. The second-order valence-corrected chi connectivity index (χ2v) is 4.99. The number of hydrogen-bond donors (Lipinski definition) is 0. The maximum Gasteiger partial charge on any atom is 0.0364 e. The molecular weight excluding hydrogens is 280 g/mol. The fourth-order valence-corrected chi connectivity index (χ4v) is 2.54. The van der Waals surface area contributed by atoms with Crippen molar-refractivity contribution in [2.24, 2.45) is 0 Å². The van der Waals surface area contributed by atoms with Crippen LogP contribution >= 0.6 is 31.9 Å². The van der Waals surface area contributed by atoms with E-state index in [0.29, 0.717) is 4.83 Å². The van der Waals surface area contributed by atoms with Gasteiger partial charge in [0.1, 0.15) is 0 Å². The minimum absolute atomic E-state index is 0.484. The molecule has 12 heavy (non-hydrogen) atoms. The molecule has 0 aliphatic rings. The van der Waals surface area contributed by atoms with Crippen molar-refractivity contribution in [1.29, 1.82) is 0 Å². The van der Waals surface area contributed by atoms with Gasteiger partial charge in [0.05, 0.1) is 0 Å². The molecule has 0 aliphatic carbocycles. The molecule has 0 heterocycles. The predicted molar refractivity (Wildman–Crippen MR) is 64.3 cm³/mol. The molecule has 0 nitrogen and oxygen atoms in total. The summed E-state index contributed by atoms with van der Waals surface area (Å²) < 4.78 is 0. The first-order valence-electron chi connectivity index (χ1n) is 4.07. The Morgan fingerprint density at radius 3 is 2.33 bits per heavy atom. The maximum atomic E-state index is 3.62. The van der Waals surface area contributed by atoms with Crippen LogP contribution in [-0.4, -0.2) is 10.2 Å². The molecule has 70 valence electrons. The highest BCUT2D eigenvalue weighted by molar-refractivity contribution is 9.09. The van der Waals surface area contributed by atoms with E-state index in [1.165, 1.54) is 11.1 Å². The molecule has 1 unspecified atom stereocenters. The Labute approximate surface area is 92.4 Å². The van der Waals surface area contributed by atoms with E-state index in [4.69, 9.17) is 0 Å². The fraction of sp³-hybridized carbons (Fsp3) is 0.600. The zero-order valence-corrected chi connectivity index (χ0v) is 11.1. The minimum Gasteiger partial charge on any atom is -0.0883 e. The summed E-state index contributed by atoms with van der Waals surface area (Å²) in [5, 5.41) is 0.952. The third-order valence-electron chi connectivity index (χ3n) is 1.46. The molecule has 2 heteroatoms. The van der Waals surface area contributed by atoms with Crippen LogP contribution in [0.15, 0.2) is 23.3 Å². The predicted octanol–water partition coefficient (Wildman–Crippen LogP) is 4.45. The Morgan fingerprint density at radius 1 is 1.33 bits per heavy atom. The van der Waals surface area contributed by atoms with Crippen molar-refractivity contribution in [1.82, 2.24) is 0 Å². The molecule has 0 aromatic heterocycles. The first-order chi connectivity index (χ1) is 5.56. The van der Waals surface area contributed by atoms with Crippen molar-refractivity contribution >= 4 is 31.9 Å². The third kappa shape index (κ3) is 7.11. The van der Waals surface area contributed by atoms with E-state index in [-0.39, 0.29) is 0 Å². The van der Waals surface area contributed by atoms with E-state index in [9.17, 15) is 0 Å². The molecule has 0 bridgehead atoms. The Bertz CT molecular complexity index is 176. The first kappa shape index (κ1) is 12.4. The molecule has 0 rings (SSSR count). The van der Waals surface area contributed by atoms with E-state index in [0.717, 1.165) is 11.8 Å². The normalized spacial score (nSPS) is 14.2. The number of rotatable bonds is 4. The van der Waals surface area contributed by atoms with Crippen LogP contribution in [0, 0.1) is 0 Å². The third-order valence-corrected chi connectivity index (χ3v) is 2.37. The molecule has 0 aliphatic heterocycles. The van der Waals surface area contributed by atoms with Gasteiger partial charge in [0.25, 0.3) is 0 Å². The summed E-state index contributed by atoms with van der Waals surface area (Å²) >= 11 is 7.00. The minimum atomic E-state index is 0.484. The van der Waals surface area contributed by atoms with Crippen LogP contribution in [0.2, 0.25) is 0 Å². The van der Waals surface area contributed by atoms with E-state index >= 15 is 0 Å². The van der Waals surface area contributed by atoms with Gasteiger partial charge in [0.2, 0.25) is 0 Å². The standard InChI is InChI=1S/C10H16Br2/c1-8(2)6-10(12)7-9(3)4-5-11/h4,6,10H,5,7H2,1-3H3. The van der Waals surface area contributed by atoms with E-state index in [1.54, 1.807) is 0 Å². The number of alkyl halides is 2. The molecule has 1 atom stereocenters. The lowest BCUT2D eigenvalue weighted by atomic mass is 10.1.